The largest absolute Gasteiger partial charge is 0.318 e. The van der Waals surface area contributed by atoms with Gasteiger partial charge in [0.15, 0.2) is 5.13 Å². The smallest absolute Gasteiger partial charge is 0.189 e. The van der Waals surface area contributed by atoms with Crippen molar-refractivity contribution in [1.29, 1.82) is 0 Å². The number of benzene rings is 1. The van der Waals surface area contributed by atoms with E-state index in [1.165, 1.54) is 6.07 Å². The zero-order valence-electron chi connectivity index (χ0n) is 10.6. The summed E-state index contributed by atoms with van der Waals surface area (Å²) in [5, 5.41) is 3.95. The number of anilines is 2. The minimum atomic E-state index is -0.238. The van der Waals surface area contributed by atoms with E-state index in [0.29, 0.717) is 5.69 Å². The summed E-state index contributed by atoms with van der Waals surface area (Å²) in [6.45, 7) is 2.07. The molecule has 0 bridgehead atoms. The molecule has 0 aliphatic carbocycles. The van der Waals surface area contributed by atoms with Gasteiger partial charge in [-0.2, -0.15) is 0 Å². The highest BCUT2D eigenvalue weighted by Gasteiger charge is 2.14. The Morgan fingerprint density at radius 2 is 2.11 bits per heavy atom. The van der Waals surface area contributed by atoms with Crippen molar-refractivity contribution < 1.29 is 4.39 Å². The van der Waals surface area contributed by atoms with Crippen molar-refractivity contribution in [1.82, 2.24) is 10.3 Å². The summed E-state index contributed by atoms with van der Waals surface area (Å²) in [4.78, 5) is 7.25. The van der Waals surface area contributed by atoms with Crippen molar-refractivity contribution in [2.24, 2.45) is 0 Å². The molecule has 1 heterocycles. The highest BCUT2D eigenvalue weighted by Crippen LogP contribution is 2.31. The van der Waals surface area contributed by atoms with Gasteiger partial charge in [-0.15, -0.1) is 0 Å². The third-order valence-electron chi connectivity index (χ3n) is 2.87. The first kappa shape index (κ1) is 13.0. The van der Waals surface area contributed by atoms with E-state index in [9.17, 15) is 4.39 Å². The summed E-state index contributed by atoms with van der Waals surface area (Å²) >= 11 is 1.56. The minimum absolute atomic E-state index is 0.238. The molecule has 0 radical (unpaired) electrons. The van der Waals surface area contributed by atoms with Crippen LogP contribution in [0.1, 0.15) is 17.8 Å². The highest BCUT2D eigenvalue weighted by atomic mass is 32.1. The molecular formula is C13H16FN3S. The second-order valence-corrected chi connectivity index (χ2v) is 5.11. The number of halogens is 1. The molecule has 1 aromatic carbocycles. The lowest BCUT2D eigenvalue weighted by Crippen LogP contribution is -2.11. The van der Waals surface area contributed by atoms with Gasteiger partial charge in [0.1, 0.15) is 5.82 Å². The number of para-hydroxylation sites is 1. The zero-order valence-corrected chi connectivity index (χ0v) is 11.5. The van der Waals surface area contributed by atoms with Crippen LogP contribution in [0.3, 0.4) is 0 Å². The molecule has 2 rings (SSSR count). The Bertz CT molecular complexity index is 526. The standard InChI is InChI=1S/C13H16FN3S/c1-9(15-2)12-8-16-13(18-12)17(3)11-7-5-4-6-10(11)14/h4-9,15H,1-3H3. The van der Waals surface area contributed by atoms with E-state index in [4.69, 9.17) is 0 Å². The van der Waals surface area contributed by atoms with Gasteiger partial charge in [-0.05, 0) is 26.1 Å². The molecule has 1 aromatic heterocycles. The van der Waals surface area contributed by atoms with Crippen LogP contribution in [0, 0.1) is 5.82 Å². The number of nitrogens with zero attached hydrogens (tertiary/aromatic N) is 2. The monoisotopic (exact) mass is 265 g/mol. The molecule has 3 nitrogen and oxygen atoms in total. The van der Waals surface area contributed by atoms with Gasteiger partial charge < -0.3 is 10.2 Å². The topological polar surface area (TPSA) is 28.2 Å². The number of hydrogen-bond acceptors (Lipinski definition) is 4. The summed E-state index contributed by atoms with van der Waals surface area (Å²) in [5.74, 6) is -0.238. The first-order valence-corrected chi connectivity index (χ1v) is 6.56. The maximum atomic E-state index is 13.7. The van der Waals surface area contributed by atoms with Crippen molar-refractivity contribution in [3.8, 4) is 0 Å². The highest BCUT2D eigenvalue weighted by molar-refractivity contribution is 7.15. The molecule has 0 amide bonds. The zero-order chi connectivity index (χ0) is 13.1. The number of thiazole rings is 1. The van der Waals surface area contributed by atoms with Crippen LogP contribution in [0.15, 0.2) is 30.5 Å². The third-order valence-corrected chi connectivity index (χ3v) is 4.13. The summed E-state index contributed by atoms with van der Waals surface area (Å²) in [7, 11) is 3.73. The molecule has 18 heavy (non-hydrogen) atoms. The Morgan fingerprint density at radius 1 is 1.39 bits per heavy atom. The van der Waals surface area contributed by atoms with Crippen LogP contribution in [-0.4, -0.2) is 19.1 Å². The van der Waals surface area contributed by atoms with E-state index >= 15 is 0 Å². The van der Waals surface area contributed by atoms with E-state index < -0.39 is 0 Å². The van der Waals surface area contributed by atoms with Crippen molar-refractivity contribution in [2.75, 3.05) is 19.0 Å². The van der Waals surface area contributed by atoms with Gasteiger partial charge in [0, 0.05) is 24.2 Å². The molecule has 0 saturated heterocycles. The van der Waals surface area contributed by atoms with Gasteiger partial charge in [0.2, 0.25) is 0 Å². The van der Waals surface area contributed by atoms with Crippen LogP contribution in [0.5, 0.6) is 0 Å². The molecule has 1 atom stereocenters. The van der Waals surface area contributed by atoms with Gasteiger partial charge in [-0.1, -0.05) is 23.5 Å². The van der Waals surface area contributed by atoms with E-state index in [1.807, 2.05) is 26.4 Å². The SMILES string of the molecule is CNC(C)c1cnc(N(C)c2ccccc2F)s1. The van der Waals surface area contributed by atoms with Crippen molar-refractivity contribution in [3.05, 3.63) is 41.2 Å². The van der Waals surface area contributed by atoms with Crippen LogP contribution < -0.4 is 10.2 Å². The Labute approximate surface area is 110 Å². The lowest BCUT2D eigenvalue weighted by Gasteiger charge is -2.16. The molecule has 2 aromatic rings. The van der Waals surface area contributed by atoms with Crippen LogP contribution in [0.25, 0.3) is 0 Å². The normalized spacial score (nSPS) is 12.4. The van der Waals surface area contributed by atoms with Gasteiger partial charge in [0.25, 0.3) is 0 Å². The molecule has 96 valence electrons. The third kappa shape index (κ3) is 2.52. The van der Waals surface area contributed by atoms with E-state index in [2.05, 4.69) is 17.2 Å². The van der Waals surface area contributed by atoms with Gasteiger partial charge in [0.05, 0.1) is 5.69 Å². The van der Waals surface area contributed by atoms with Crippen molar-refractivity contribution in [3.63, 3.8) is 0 Å². The number of hydrogen-bond donors (Lipinski definition) is 1. The number of nitrogens with one attached hydrogen (secondary N) is 1. The van der Waals surface area contributed by atoms with Crippen molar-refractivity contribution >= 4 is 22.2 Å². The van der Waals surface area contributed by atoms with E-state index in [1.54, 1.807) is 28.4 Å². The molecule has 0 spiro atoms. The lowest BCUT2D eigenvalue weighted by atomic mass is 10.3. The van der Waals surface area contributed by atoms with E-state index in [0.717, 1.165) is 10.0 Å². The molecule has 1 N–H and O–H groups in total. The molecule has 0 fully saturated rings. The van der Waals surface area contributed by atoms with Crippen LogP contribution in [0.2, 0.25) is 0 Å². The second kappa shape index (κ2) is 5.46. The molecule has 1 unspecified atom stereocenters. The molecule has 5 heteroatoms. The first-order chi connectivity index (χ1) is 8.63. The molecule has 0 aliphatic rings. The Balaban J connectivity index is 2.27. The van der Waals surface area contributed by atoms with Gasteiger partial charge in [-0.25, -0.2) is 9.37 Å². The maximum Gasteiger partial charge on any atom is 0.189 e. The van der Waals surface area contributed by atoms with Crippen LogP contribution in [0.4, 0.5) is 15.2 Å². The lowest BCUT2D eigenvalue weighted by molar-refractivity contribution is 0.627. The fourth-order valence-corrected chi connectivity index (χ4v) is 2.55. The predicted molar refractivity (Wildman–Crippen MR) is 74.1 cm³/mol. The number of aromatic nitrogens is 1. The molecule has 0 aliphatic heterocycles. The summed E-state index contributed by atoms with van der Waals surface area (Å²) in [6, 6.07) is 6.96. The Kier molecular flexibility index (Phi) is 3.93. The average molecular weight is 265 g/mol. The summed E-state index contributed by atoms with van der Waals surface area (Å²) in [5.41, 5.74) is 0.538. The minimum Gasteiger partial charge on any atom is -0.318 e. The molecular weight excluding hydrogens is 249 g/mol. The maximum absolute atomic E-state index is 13.7. The van der Waals surface area contributed by atoms with Crippen LogP contribution >= 0.6 is 11.3 Å². The fraction of sp³-hybridized carbons (Fsp3) is 0.308. The number of rotatable bonds is 4. The van der Waals surface area contributed by atoms with Gasteiger partial charge >= 0.3 is 0 Å². The molecule has 0 saturated carbocycles. The summed E-state index contributed by atoms with van der Waals surface area (Å²) in [6.07, 6.45) is 1.83. The Morgan fingerprint density at radius 3 is 2.78 bits per heavy atom. The van der Waals surface area contributed by atoms with Gasteiger partial charge in [-0.3, -0.25) is 0 Å². The van der Waals surface area contributed by atoms with Crippen molar-refractivity contribution in [2.45, 2.75) is 13.0 Å². The quantitative estimate of drug-likeness (QED) is 0.919. The van der Waals surface area contributed by atoms with Crippen LogP contribution in [-0.2, 0) is 0 Å². The Hall–Kier alpha value is -1.46. The predicted octanol–water partition coefficient (Wildman–Crippen LogP) is 3.33. The summed E-state index contributed by atoms with van der Waals surface area (Å²) < 4.78 is 13.7. The average Bonchev–Trinajstić information content (AvgIpc) is 2.87. The van der Waals surface area contributed by atoms with E-state index in [-0.39, 0.29) is 11.9 Å². The second-order valence-electron chi connectivity index (χ2n) is 4.07. The fourth-order valence-electron chi connectivity index (χ4n) is 1.60. The first-order valence-electron chi connectivity index (χ1n) is 5.74.